The number of hydrogen-bond acceptors (Lipinski definition) is 1. The number of rotatable bonds is 17. The molecule has 1 aromatic heterocycles. The average Bonchev–Trinajstić information content (AvgIpc) is 2.83. The van der Waals surface area contributed by atoms with Gasteiger partial charge in [0.05, 0.1) is 0 Å². The number of pyridine rings is 1. The van der Waals surface area contributed by atoms with Crippen LogP contribution in [0.3, 0.4) is 0 Å². The largest absolute Gasteiger partial charge is 0.372 e. The predicted octanol–water partition coefficient (Wildman–Crippen LogP) is 8.30. The zero-order valence-corrected chi connectivity index (χ0v) is 21.1. The Kier molecular flexibility index (Phi) is 13.5. The van der Waals surface area contributed by atoms with Crippen LogP contribution in [0.25, 0.3) is 12.2 Å². The molecule has 0 aliphatic carbocycles. The summed E-state index contributed by atoms with van der Waals surface area (Å²) in [5, 5.41) is 0. The van der Waals surface area contributed by atoms with Crippen molar-refractivity contribution in [2.45, 2.75) is 97.9 Å². The van der Waals surface area contributed by atoms with E-state index in [0.29, 0.717) is 0 Å². The summed E-state index contributed by atoms with van der Waals surface area (Å²) in [5.74, 6) is 0. The lowest BCUT2D eigenvalue weighted by Gasteiger charge is -2.24. The summed E-state index contributed by atoms with van der Waals surface area (Å²) in [6.07, 6.45) is 23.5. The first kappa shape index (κ1) is 26.2. The molecule has 0 radical (unpaired) electrons. The Morgan fingerprint density at radius 2 is 1.09 bits per heavy atom. The van der Waals surface area contributed by atoms with E-state index in [-0.39, 0.29) is 0 Å². The first-order valence-electron chi connectivity index (χ1n) is 13.3. The van der Waals surface area contributed by atoms with E-state index in [0.717, 1.165) is 19.6 Å². The van der Waals surface area contributed by atoms with Crippen LogP contribution < -0.4 is 9.47 Å². The highest BCUT2D eigenvalue weighted by Crippen LogP contribution is 2.18. The number of aromatic nitrogens is 1. The molecule has 176 valence electrons. The highest BCUT2D eigenvalue weighted by molar-refractivity contribution is 5.70. The molecule has 0 N–H and O–H groups in total. The van der Waals surface area contributed by atoms with Crippen molar-refractivity contribution in [2.75, 3.05) is 18.0 Å². The van der Waals surface area contributed by atoms with Crippen molar-refractivity contribution in [1.29, 1.82) is 0 Å². The maximum atomic E-state index is 2.54. The van der Waals surface area contributed by atoms with E-state index in [4.69, 9.17) is 0 Å². The van der Waals surface area contributed by atoms with Gasteiger partial charge in [-0.25, -0.2) is 4.57 Å². The van der Waals surface area contributed by atoms with Gasteiger partial charge in [0.15, 0.2) is 12.4 Å². The number of benzene rings is 1. The van der Waals surface area contributed by atoms with Gasteiger partial charge in [-0.15, -0.1) is 0 Å². The maximum Gasteiger partial charge on any atom is 0.169 e. The highest BCUT2D eigenvalue weighted by atomic mass is 15.1. The second-order valence-corrected chi connectivity index (χ2v) is 9.11. The Bertz CT molecular complexity index is 722. The minimum absolute atomic E-state index is 1.13. The second-order valence-electron chi connectivity index (χ2n) is 9.11. The molecule has 0 spiro atoms. The van der Waals surface area contributed by atoms with Crippen molar-refractivity contribution < 1.29 is 4.57 Å². The van der Waals surface area contributed by atoms with Gasteiger partial charge in [-0.2, -0.15) is 0 Å². The monoisotopic (exact) mass is 435 g/mol. The molecule has 0 aliphatic heterocycles. The van der Waals surface area contributed by atoms with Gasteiger partial charge in [0.2, 0.25) is 0 Å². The van der Waals surface area contributed by atoms with Crippen molar-refractivity contribution in [1.82, 2.24) is 0 Å². The molecule has 0 amide bonds. The van der Waals surface area contributed by atoms with Crippen molar-refractivity contribution in [3.63, 3.8) is 0 Å². The van der Waals surface area contributed by atoms with Gasteiger partial charge < -0.3 is 4.90 Å². The molecule has 0 saturated heterocycles. The minimum atomic E-state index is 1.13. The van der Waals surface area contributed by atoms with E-state index in [1.165, 1.54) is 87.4 Å². The van der Waals surface area contributed by atoms with E-state index in [2.05, 4.69) is 91.2 Å². The molecule has 2 rings (SSSR count). The van der Waals surface area contributed by atoms with Crippen molar-refractivity contribution in [3.05, 3.63) is 59.9 Å². The fourth-order valence-electron chi connectivity index (χ4n) is 4.04. The standard InChI is InChI=1S/C30H47N2/c1-4-7-10-11-12-13-14-23-31-26-21-29(22-27-31)16-15-28-17-19-30(20-18-28)32(24-8-5-2)25-9-6-3/h15-22,26-27H,4-14,23-25H2,1-3H3/q+1. The van der Waals surface area contributed by atoms with Crippen molar-refractivity contribution >= 4 is 17.8 Å². The summed E-state index contributed by atoms with van der Waals surface area (Å²) >= 11 is 0. The van der Waals surface area contributed by atoms with Crippen LogP contribution in [0.4, 0.5) is 5.69 Å². The maximum absolute atomic E-state index is 2.54. The van der Waals surface area contributed by atoms with Crippen LogP contribution in [0.1, 0.15) is 103 Å². The molecule has 2 nitrogen and oxygen atoms in total. The van der Waals surface area contributed by atoms with Crippen LogP contribution in [-0.2, 0) is 6.54 Å². The zero-order chi connectivity index (χ0) is 22.9. The zero-order valence-electron chi connectivity index (χ0n) is 21.1. The van der Waals surface area contributed by atoms with E-state index in [9.17, 15) is 0 Å². The van der Waals surface area contributed by atoms with Crippen LogP contribution in [0.2, 0.25) is 0 Å². The normalized spacial score (nSPS) is 11.3. The summed E-state index contributed by atoms with van der Waals surface area (Å²) in [6, 6.07) is 13.5. The molecule has 32 heavy (non-hydrogen) atoms. The molecule has 0 saturated carbocycles. The van der Waals surface area contributed by atoms with E-state index in [1.54, 1.807) is 0 Å². The SMILES string of the molecule is CCCCCCCCC[n+]1ccc(/C=C/c2ccc(N(CCCC)CCCC)cc2)cc1. The number of nitrogens with zero attached hydrogens (tertiary/aromatic N) is 2. The van der Waals surface area contributed by atoms with Gasteiger partial charge in [-0.1, -0.05) is 90.0 Å². The van der Waals surface area contributed by atoms with Gasteiger partial charge in [0.1, 0.15) is 6.54 Å². The van der Waals surface area contributed by atoms with Crippen LogP contribution >= 0.6 is 0 Å². The van der Waals surface area contributed by atoms with Crippen molar-refractivity contribution in [3.8, 4) is 0 Å². The van der Waals surface area contributed by atoms with Gasteiger partial charge in [0.25, 0.3) is 0 Å². The summed E-state index contributed by atoms with van der Waals surface area (Å²) in [4.78, 5) is 2.54. The predicted molar refractivity (Wildman–Crippen MR) is 142 cm³/mol. The molecule has 0 unspecified atom stereocenters. The molecule has 0 bridgehead atoms. The first-order chi connectivity index (χ1) is 15.8. The number of aryl methyl sites for hydroxylation is 1. The number of hydrogen-bond donors (Lipinski definition) is 0. The Labute approximate surface area is 198 Å². The lowest BCUT2D eigenvalue weighted by molar-refractivity contribution is -0.697. The Morgan fingerprint density at radius 3 is 1.66 bits per heavy atom. The van der Waals surface area contributed by atoms with Gasteiger partial charge >= 0.3 is 0 Å². The van der Waals surface area contributed by atoms with Gasteiger partial charge in [-0.05, 0) is 42.5 Å². The molecule has 1 heterocycles. The topological polar surface area (TPSA) is 7.12 Å². The molecule has 2 heteroatoms. The fourth-order valence-corrected chi connectivity index (χ4v) is 4.04. The first-order valence-corrected chi connectivity index (χ1v) is 13.3. The van der Waals surface area contributed by atoms with Crippen LogP contribution in [0.5, 0.6) is 0 Å². The second kappa shape index (κ2) is 16.5. The Hall–Kier alpha value is -2.09. The van der Waals surface area contributed by atoms with E-state index in [1.807, 2.05) is 0 Å². The number of unbranched alkanes of at least 4 members (excludes halogenated alkanes) is 8. The lowest BCUT2D eigenvalue weighted by Crippen LogP contribution is -2.32. The molecule has 1 aromatic carbocycles. The van der Waals surface area contributed by atoms with Crippen LogP contribution in [-0.4, -0.2) is 13.1 Å². The third-order valence-electron chi connectivity index (χ3n) is 6.23. The molecule has 0 atom stereocenters. The summed E-state index contributed by atoms with van der Waals surface area (Å²) in [7, 11) is 0. The lowest BCUT2D eigenvalue weighted by atomic mass is 10.1. The molecular formula is C30H47N2+. The molecule has 0 aliphatic rings. The quantitative estimate of drug-likeness (QED) is 0.179. The van der Waals surface area contributed by atoms with E-state index >= 15 is 0 Å². The Morgan fingerprint density at radius 1 is 0.594 bits per heavy atom. The summed E-state index contributed by atoms with van der Waals surface area (Å²) in [5.41, 5.74) is 3.88. The van der Waals surface area contributed by atoms with Crippen molar-refractivity contribution in [2.24, 2.45) is 0 Å². The molecule has 0 fully saturated rings. The summed E-state index contributed by atoms with van der Waals surface area (Å²) < 4.78 is 2.32. The Balaban J connectivity index is 1.80. The average molecular weight is 436 g/mol. The third kappa shape index (κ3) is 10.5. The van der Waals surface area contributed by atoms with Crippen LogP contribution in [0, 0.1) is 0 Å². The van der Waals surface area contributed by atoms with Crippen LogP contribution in [0.15, 0.2) is 48.8 Å². The summed E-state index contributed by atoms with van der Waals surface area (Å²) in [6.45, 7) is 10.3. The fraction of sp³-hybridized carbons (Fsp3) is 0.567. The molecular weight excluding hydrogens is 388 g/mol. The number of anilines is 1. The highest BCUT2D eigenvalue weighted by Gasteiger charge is 2.05. The third-order valence-corrected chi connectivity index (χ3v) is 6.23. The van der Waals surface area contributed by atoms with Gasteiger partial charge in [-0.3, -0.25) is 0 Å². The molecule has 2 aromatic rings. The smallest absolute Gasteiger partial charge is 0.169 e. The van der Waals surface area contributed by atoms with Gasteiger partial charge in [0, 0.05) is 37.3 Å². The van der Waals surface area contributed by atoms with E-state index < -0.39 is 0 Å². The minimum Gasteiger partial charge on any atom is -0.372 e.